The number of aliphatic hydroxyl groups is 1. The van der Waals surface area contributed by atoms with E-state index >= 15 is 0 Å². The van der Waals surface area contributed by atoms with Gasteiger partial charge >= 0.3 is 0 Å². The van der Waals surface area contributed by atoms with Crippen LogP contribution >= 0.6 is 23.2 Å². The Labute approximate surface area is 169 Å². The molecule has 0 bridgehead atoms. The molecule has 1 unspecified atom stereocenters. The molecule has 27 heavy (non-hydrogen) atoms. The summed E-state index contributed by atoms with van der Waals surface area (Å²) in [5.74, 6) is -0.118. The lowest BCUT2D eigenvalue weighted by atomic mass is 9.91. The standard InChI is InChI=1S/C21H23Cl2NO3/c1-2-3-18(12-25)24-19(26)13-27-21(15-6-10-17(23)11-7-15)20(24)14-4-8-16(22)9-5-14/h4-11,18,20-21,25H,2-3,12-13H2,1H3/t18?,20-,21+/m0/s1. The number of carbonyl (C=O) groups excluding carboxylic acids is 1. The second kappa shape index (κ2) is 9.07. The highest BCUT2D eigenvalue weighted by molar-refractivity contribution is 6.30. The van der Waals surface area contributed by atoms with Gasteiger partial charge in [-0.05, 0) is 41.8 Å². The first-order chi connectivity index (χ1) is 13.0. The summed E-state index contributed by atoms with van der Waals surface area (Å²) in [7, 11) is 0. The fraction of sp³-hybridized carbons (Fsp3) is 0.381. The van der Waals surface area contributed by atoms with Crippen molar-refractivity contribution in [1.82, 2.24) is 4.90 Å². The van der Waals surface area contributed by atoms with E-state index in [0.717, 1.165) is 24.0 Å². The molecule has 6 heteroatoms. The summed E-state index contributed by atoms with van der Waals surface area (Å²) in [4.78, 5) is 14.6. The molecule has 1 aliphatic heterocycles. The maximum absolute atomic E-state index is 12.8. The highest BCUT2D eigenvalue weighted by Crippen LogP contribution is 2.42. The van der Waals surface area contributed by atoms with E-state index in [-0.39, 0.29) is 37.3 Å². The highest BCUT2D eigenvalue weighted by atomic mass is 35.5. The first-order valence-electron chi connectivity index (χ1n) is 9.09. The number of rotatable bonds is 6. The molecule has 0 radical (unpaired) electrons. The molecule has 0 saturated carbocycles. The topological polar surface area (TPSA) is 49.8 Å². The molecule has 3 atom stereocenters. The number of hydrogen-bond acceptors (Lipinski definition) is 3. The first kappa shape index (κ1) is 20.2. The van der Waals surface area contributed by atoms with Crippen LogP contribution < -0.4 is 0 Å². The molecular formula is C21H23Cl2NO3. The zero-order valence-electron chi connectivity index (χ0n) is 15.1. The summed E-state index contributed by atoms with van der Waals surface area (Å²) in [6.07, 6.45) is 1.24. The van der Waals surface area contributed by atoms with Crippen molar-refractivity contribution in [2.24, 2.45) is 0 Å². The fourth-order valence-corrected chi connectivity index (χ4v) is 3.89. The van der Waals surface area contributed by atoms with Crippen LogP contribution in [0.3, 0.4) is 0 Å². The Bertz CT molecular complexity index is 764. The third-order valence-electron chi connectivity index (χ3n) is 4.90. The maximum Gasteiger partial charge on any atom is 0.249 e. The summed E-state index contributed by atoms with van der Waals surface area (Å²) >= 11 is 12.1. The van der Waals surface area contributed by atoms with Gasteiger partial charge in [0.25, 0.3) is 0 Å². The molecule has 1 N–H and O–H groups in total. The van der Waals surface area contributed by atoms with Crippen molar-refractivity contribution in [1.29, 1.82) is 0 Å². The molecule has 1 amide bonds. The van der Waals surface area contributed by atoms with Gasteiger partial charge in [-0.2, -0.15) is 0 Å². The van der Waals surface area contributed by atoms with E-state index < -0.39 is 0 Å². The number of carbonyl (C=O) groups is 1. The second-order valence-electron chi connectivity index (χ2n) is 6.71. The lowest BCUT2D eigenvalue weighted by Gasteiger charge is -2.45. The van der Waals surface area contributed by atoms with Gasteiger partial charge in [0.1, 0.15) is 12.7 Å². The Hall–Kier alpha value is -1.59. The van der Waals surface area contributed by atoms with Crippen molar-refractivity contribution in [3.8, 4) is 0 Å². The van der Waals surface area contributed by atoms with Gasteiger partial charge in [-0.3, -0.25) is 4.79 Å². The summed E-state index contributed by atoms with van der Waals surface area (Å²) in [6.45, 7) is 1.94. The first-order valence-corrected chi connectivity index (χ1v) is 9.85. The Morgan fingerprint density at radius 3 is 2.15 bits per heavy atom. The molecule has 1 fully saturated rings. The minimum atomic E-state index is -0.355. The summed E-state index contributed by atoms with van der Waals surface area (Å²) in [6, 6.07) is 14.3. The average molecular weight is 408 g/mol. The van der Waals surface area contributed by atoms with E-state index in [1.54, 1.807) is 17.0 Å². The Kier molecular flexibility index (Phi) is 6.77. The van der Waals surface area contributed by atoms with E-state index in [4.69, 9.17) is 27.9 Å². The van der Waals surface area contributed by atoms with Crippen molar-refractivity contribution in [3.63, 3.8) is 0 Å². The SMILES string of the molecule is CCCC(CO)N1C(=O)CO[C@H](c2ccc(Cl)cc2)[C@@H]1c1ccc(Cl)cc1. The van der Waals surface area contributed by atoms with Crippen LogP contribution in [0.4, 0.5) is 0 Å². The van der Waals surface area contributed by atoms with Gasteiger partial charge in [-0.1, -0.05) is 60.8 Å². The molecule has 0 spiro atoms. The molecule has 1 saturated heterocycles. The number of halogens is 2. The third-order valence-corrected chi connectivity index (χ3v) is 5.40. The van der Waals surface area contributed by atoms with Crippen LogP contribution in [0.2, 0.25) is 10.0 Å². The van der Waals surface area contributed by atoms with Gasteiger partial charge in [-0.15, -0.1) is 0 Å². The summed E-state index contributed by atoms with van der Waals surface area (Å²) < 4.78 is 5.97. The summed E-state index contributed by atoms with van der Waals surface area (Å²) in [5, 5.41) is 11.2. The van der Waals surface area contributed by atoms with Gasteiger partial charge < -0.3 is 14.7 Å². The van der Waals surface area contributed by atoms with Crippen LogP contribution in [-0.2, 0) is 9.53 Å². The smallest absolute Gasteiger partial charge is 0.249 e. The number of amides is 1. The van der Waals surface area contributed by atoms with E-state index in [0.29, 0.717) is 10.0 Å². The van der Waals surface area contributed by atoms with Crippen molar-refractivity contribution in [3.05, 3.63) is 69.7 Å². The maximum atomic E-state index is 12.8. The van der Waals surface area contributed by atoms with Crippen LogP contribution in [0.5, 0.6) is 0 Å². The Morgan fingerprint density at radius 1 is 1.07 bits per heavy atom. The van der Waals surface area contributed by atoms with Gasteiger partial charge in [-0.25, -0.2) is 0 Å². The zero-order valence-corrected chi connectivity index (χ0v) is 16.7. The number of benzene rings is 2. The van der Waals surface area contributed by atoms with Gasteiger partial charge in [0, 0.05) is 10.0 Å². The van der Waals surface area contributed by atoms with E-state index in [2.05, 4.69) is 0 Å². The van der Waals surface area contributed by atoms with Gasteiger partial charge in [0.05, 0.1) is 18.7 Å². The van der Waals surface area contributed by atoms with E-state index in [1.165, 1.54) is 0 Å². The molecule has 4 nitrogen and oxygen atoms in total. The van der Waals surface area contributed by atoms with Crippen molar-refractivity contribution in [2.75, 3.05) is 13.2 Å². The summed E-state index contributed by atoms with van der Waals surface area (Å²) in [5.41, 5.74) is 1.85. The quantitative estimate of drug-likeness (QED) is 0.748. The molecular weight excluding hydrogens is 385 g/mol. The molecule has 0 aromatic heterocycles. The van der Waals surface area contributed by atoms with Crippen molar-refractivity contribution in [2.45, 2.75) is 38.0 Å². The van der Waals surface area contributed by atoms with Crippen LogP contribution in [-0.4, -0.2) is 35.2 Å². The lowest BCUT2D eigenvalue weighted by Crippen LogP contribution is -2.52. The number of aliphatic hydroxyl groups excluding tert-OH is 1. The number of ether oxygens (including phenoxy) is 1. The minimum absolute atomic E-state index is 0.0163. The van der Waals surface area contributed by atoms with Crippen molar-refractivity contribution < 1.29 is 14.6 Å². The predicted octanol–water partition coefficient (Wildman–Crippen LogP) is 4.80. The monoisotopic (exact) mass is 407 g/mol. The van der Waals surface area contributed by atoms with Crippen molar-refractivity contribution >= 4 is 29.1 Å². The number of hydrogen-bond donors (Lipinski definition) is 1. The molecule has 1 heterocycles. The molecule has 0 aliphatic carbocycles. The Morgan fingerprint density at radius 2 is 1.63 bits per heavy atom. The second-order valence-corrected chi connectivity index (χ2v) is 7.58. The molecule has 2 aromatic carbocycles. The van der Waals surface area contributed by atoms with Gasteiger partial charge in [0.2, 0.25) is 5.91 Å². The van der Waals surface area contributed by atoms with Crippen LogP contribution in [0, 0.1) is 0 Å². The minimum Gasteiger partial charge on any atom is -0.394 e. The highest BCUT2D eigenvalue weighted by Gasteiger charge is 2.41. The Balaban J connectivity index is 2.07. The molecule has 1 aliphatic rings. The van der Waals surface area contributed by atoms with Crippen LogP contribution in [0.1, 0.15) is 43.0 Å². The molecule has 2 aromatic rings. The molecule has 3 rings (SSSR count). The third kappa shape index (κ3) is 4.46. The average Bonchev–Trinajstić information content (AvgIpc) is 2.68. The molecule has 144 valence electrons. The normalized spacial score (nSPS) is 21.3. The fourth-order valence-electron chi connectivity index (χ4n) is 3.64. The predicted molar refractivity (Wildman–Crippen MR) is 107 cm³/mol. The van der Waals surface area contributed by atoms with Crippen LogP contribution in [0.15, 0.2) is 48.5 Å². The van der Waals surface area contributed by atoms with Crippen LogP contribution in [0.25, 0.3) is 0 Å². The zero-order chi connectivity index (χ0) is 19.4. The van der Waals surface area contributed by atoms with E-state index in [1.807, 2.05) is 43.3 Å². The largest absolute Gasteiger partial charge is 0.394 e. The van der Waals surface area contributed by atoms with Gasteiger partial charge in [0.15, 0.2) is 0 Å². The van der Waals surface area contributed by atoms with E-state index in [9.17, 15) is 9.90 Å². The number of morpholine rings is 1. The lowest BCUT2D eigenvalue weighted by molar-refractivity contribution is -0.165. The number of nitrogens with zero attached hydrogens (tertiary/aromatic N) is 1.